The molecule has 1 aromatic heterocycles. The van der Waals surface area contributed by atoms with Crippen LogP contribution in [0.4, 0.5) is 0 Å². The first-order chi connectivity index (χ1) is 9.19. The van der Waals surface area contributed by atoms with Gasteiger partial charge in [0, 0.05) is 17.5 Å². The molecule has 0 bridgehead atoms. The number of aromatic nitrogens is 1. The zero-order chi connectivity index (χ0) is 13.8. The van der Waals surface area contributed by atoms with E-state index in [0.29, 0.717) is 11.3 Å². The molecule has 0 aliphatic carbocycles. The second-order valence-electron chi connectivity index (χ2n) is 3.98. The molecule has 1 heterocycles. The summed E-state index contributed by atoms with van der Waals surface area (Å²) in [5.41, 5.74) is 2.65. The summed E-state index contributed by atoms with van der Waals surface area (Å²) >= 11 is 0. The summed E-state index contributed by atoms with van der Waals surface area (Å²) in [6.45, 7) is 1.80. The summed E-state index contributed by atoms with van der Waals surface area (Å²) in [7, 11) is 1.30. The van der Waals surface area contributed by atoms with E-state index in [0.717, 1.165) is 5.56 Å². The SMILES string of the molecule is COC(=O)c1c(C#N)cnc(C)c1-c1ccccc1. The molecule has 0 N–H and O–H groups in total. The van der Waals surface area contributed by atoms with Crippen LogP contribution in [0.3, 0.4) is 0 Å². The smallest absolute Gasteiger partial charge is 0.339 e. The Kier molecular flexibility index (Phi) is 3.58. The van der Waals surface area contributed by atoms with Crippen LogP contribution in [0.25, 0.3) is 11.1 Å². The van der Waals surface area contributed by atoms with Crippen LogP contribution in [0, 0.1) is 18.3 Å². The van der Waals surface area contributed by atoms with Gasteiger partial charge in [-0.2, -0.15) is 5.26 Å². The van der Waals surface area contributed by atoms with E-state index in [1.807, 2.05) is 36.4 Å². The van der Waals surface area contributed by atoms with Gasteiger partial charge in [-0.15, -0.1) is 0 Å². The molecule has 0 saturated heterocycles. The van der Waals surface area contributed by atoms with E-state index >= 15 is 0 Å². The summed E-state index contributed by atoms with van der Waals surface area (Å²) in [4.78, 5) is 16.1. The maximum absolute atomic E-state index is 11.9. The van der Waals surface area contributed by atoms with Gasteiger partial charge in [-0.25, -0.2) is 4.79 Å². The van der Waals surface area contributed by atoms with E-state index in [4.69, 9.17) is 10.00 Å². The van der Waals surface area contributed by atoms with E-state index in [1.165, 1.54) is 13.3 Å². The maximum Gasteiger partial charge on any atom is 0.339 e. The second kappa shape index (κ2) is 5.32. The highest BCUT2D eigenvalue weighted by Gasteiger charge is 2.20. The highest BCUT2D eigenvalue weighted by molar-refractivity contribution is 6.00. The number of nitriles is 1. The van der Waals surface area contributed by atoms with Crippen molar-refractivity contribution in [2.75, 3.05) is 7.11 Å². The van der Waals surface area contributed by atoms with Gasteiger partial charge in [-0.1, -0.05) is 30.3 Å². The lowest BCUT2D eigenvalue weighted by molar-refractivity contribution is 0.0601. The molecule has 94 valence electrons. The Bertz CT molecular complexity index is 658. The Morgan fingerprint density at radius 1 is 1.32 bits per heavy atom. The van der Waals surface area contributed by atoms with Crippen LogP contribution in [-0.2, 0) is 4.74 Å². The van der Waals surface area contributed by atoms with Gasteiger partial charge < -0.3 is 4.74 Å². The van der Waals surface area contributed by atoms with Crippen molar-refractivity contribution in [3.05, 3.63) is 53.3 Å². The minimum absolute atomic E-state index is 0.219. The number of pyridine rings is 1. The number of esters is 1. The molecule has 2 rings (SSSR count). The Hall–Kier alpha value is -2.67. The Morgan fingerprint density at radius 3 is 2.58 bits per heavy atom. The van der Waals surface area contributed by atoms with Crippen molar-refractivity contribution >= 4 is 5.97 Å². The standard InChI is InChI=1S/C15H12N2O2/c1-10-13(11-6-4-3-5-7-11)14(15(18)19-2)12(8-16)9-17-10/h3-7,9H,1-2H3. The third-order valence-corrected chi connectivity index (χ3v) is 2.84. The molecule has 0 spiro atoms. The molecule has 0 aliphatic heterocycles. The number of hydrogen-bond acceptors (Lipinski definition) is 4. The predicted octanol–water partition coefficient (Wildman–Crippen LogP) is 2.72. The molecule has 2 aromatic rings. The van der Waals surface area contributed by atoms with E-state index in [-0.39, 0.29) is 11.1 Å². The largest absolute Gasteiger partial charge is 0.465 e. The fourth-order valence-electron chi connectivity index (χ4n) is 1.96. The minimum atomic E-state index is -0.527. The van der Waals surface area contributed by atoms with Crippen molar-refractivity contribution < 1.29 is 9.53 Å². The molecule has 0 radical (unpaired) electrons. The van der Waals surface area contributed by atoms with Gasteiger partial charge in [0.05, 0.1) is 18.2 Å². The fraction of sp³-hybridized carbons (Fsp3) is 0.133. The topological polar surface area (TPSA) is 63.0 Å². The molecular weight excluding hydrogens is 240 g/mol. The number of ether oxygens (including phenoxy) is 1. The third kappa shape index (κ3) is 2.31. The van der Waals surface area contributed by atoms with Crippen molar-refractivity contribution in [2.45, 2.75) is 6.92 Å². The van der Waals surface area contributed by atoms with E-state index in [9.17, 15) is 4.79 Å². The number of carbonyl (C=O) groups is 1. The van der Waals surface area contributed by atoms with Crippen LogP contribution < -0.4 is 0 Å². The normalized spacial score (nSPS) is 9.74. The highest BCUT2D eigenvalue weighted by Crippen LogP contribution is 2.28. The van der Waals surface area contributed by atoms with Crippen LogP contribution in [0.5, 0.6) is 0 Å². The summed E-state index contributed by atoms with van der Waals surface area (Å²) in [5, 5.41) is 9.13. The summed E-state index contributed by atoms with van der Waals surface area (Å²) in [5.74, 6) is -0.527. The number of hydrogen-bond donors (Lipinski definition) is 0. The lowest BCUT2D eigenvalue weighted by atomic mass is 9.95. The van der Waals surface area contributed by atoms with Crippen molar-refractivity contribution in [1.29, 1.82) is 5.26 Å². The van der Waals surface area contributed by atoms with Gasteiger partial charge >= 0.3 is 5.97 Å². The van der Waals surface area contributed by atoms with Gasteiger partial charge in [-0.3, -0.25) is 4.98 Å². The first-order valence-corrected chi connectivity index (χ1v) is 5.72. The Balaban J connectivity index is 2.79. The molecule has 4 nitrogen and oxygen atoms in total. The van der Waals surface area contributed by atoms with Crippen LogP contribution in [-0.4, -0.2) is 18.1 Å². The fourth-order valence-corrected chi connectivity index (χ4v) is 1.96. The first-order valence-electron chi connectivity index (χ1n) is 5.72. The minimum Gasteiger partial charge on any atom is -0.465 e. The zero-order valence-corrected chi connectivity index (χ0v) is 10.7. The lowest BCUT2D eigenvalue weighted by Gasteiger charge is -2.12. The van der Waals surface area contributed by atoms with Crippen molar-refractivity contribution in [2.24, 2.45) is 0 Å². The average molecular weight is 252 g/mol. The maximum atomic E-state index is 11.9. The number of carbonyl (C=O) groups excluding carboxylic acids is 1. The Labute approximate surface area is 111 Å². The van der Waals surface area contributed by atoms with E-state index < -0.39 is 5.97 Å². The molecule has 0 amide bonds. The molecule has 0 fully saturated rings. The van der Waals surface area contributed by atoms with Gasteiger partial charge in [0.2, 0.25) is 0 Å². The molecule has 0 atom stereocenters. The molecular formula is C15H12N2O2. The number of methoxy groups -OCH3 is 1. The van der Waals surface area contributed by atoms with Gasteiger partial charge in [-0.05, 0) is 12.5 Å². The molecule has 4 heteroatoms. The predicted molar refractivity (Wildman–Crippen MR) is 70.5 cm³/mol. The van der Waals surface area contributed by atoms with Crippen LogP contribution in [0.15, 0.2) is 36.5 Å². The molecule has 19 heavy (non-hydrogen) atoms. The van der Waals surface area contributed by atoms with Gasteiger partial charge in [0.25, 0.3) is 0 Å². The average Bonchev–Trinajstić information content (AvgIpc) is 2.47. The summed E-state index contributed by atoms with van der Waals surface area (Å²) in [6.07, 6.45) is 1.40. The first kappa shape index (κ1) is 12.8. The summed E-state index contributed by atoms with van der Waals surface area (Å²) < 4.78 is 4.78. The molecule has 0 unspecified atom stereocenters. The second-order valence-corrected chi connectivity index (χ2v) is 3.98. The molecule has 1 aromatic carbocycles. The van der Waals surface area contributed by atoms with E-state index in [2.05, 4.69) is 4.98 Å². The number of nitrogens with zero attached hydrogens (tertiary/aromatic N) is 2. The van der Waals surface area contributed by atoms with Crippen LogP contribution in [0.1, 0.15) is 21.6 Å². The monoisotopic (exact) mass is 252 g/mol. The number of rotatable bonds is 2. The number of aryl methyl sites for hydroxylation is 1. The Morgan fingerprint density at radius 2 is 2.00 bits per heavy atom. The summed E-state index contributed by atoms with van der Waals surface area (Å²) in [6, 6.07) is 11.4. The van der Waals surface area contributed by atoms with Crippen molar-refractivity contribution in [3.63, 3.8) is 0 Å². The highest BCUT2D eigenvalue weighted by atomic mass is 16.5. The van der Waals surface area contributed by atoms with Crippen LogP contribution >= 0.6 is 0 Å². The molecule has 0 aliphatic rings. The quantitative estimate of drug-likeness (QED) is 0.771. The van der Waals surface area contributed by atoms with Gasteiger partial charge in [0.1, 0.15) is 6.07 Å². The number of benzene rings is 1. The third-order valence-electron chi connectivity index (χ3n) is 2.84. The van der Waals surface area contributed by atoms with Crippen LogP contribution in [0.2, 0.25) is 0 Å². The zero-order valence-electron chi connectivity index (χ0n) is 10.7. The molecule has 0 saturated carbocycles. The van der Waals surface area contributed by atoms with Crippen molar-refractivity contribution in [3.8, 4) is 17.2 Å². The van der Waals surface area contributed by atoms with Crippen molar-refractivity contribution in [1.82, 2.24) is 4.98 Å². The van der Waals surface area contributed by atoms with Gasteiger partial charge in [0.15, 0.2) is 0 Å². The van der Waals surface area contributed by atoms with E-state index in [1.54, 1.807) is 6.92 Å². The lowest BCUT2D eigenvalue weighted by Crippen LogP contribution is -2.09.